The molecule has 0 amide bonds. The minimum absolute atomic E-state index is 0.347. The van der Waals surface area contributed by atoms with Gasteiger partial charge in [0.05, 0.1) is 0 Å². The van der Waals surface area contributed by atoms with E-state index in [1.54, 1.807) is 6.92 Å². The first-order valence-electron chi connectivity index (χ1n) is 3.48. The van der Waals surface area contributed by atoms with E-state index in [0.717, 1.165) is 6.42 Å². The Kier molecular flexibility index (Phi) is 3.15. The van der Waals surface area contributed by atoms with Crippen molar-refractivity contribution in [2.45, 2.75) is 45.9 Å². The number of aliphatic hydroxyl groups is 1. The second kappa shape index (κ2) is 3.18. The van der Waals surface area contributed by atoms with E-state index in [0.29, 0.717) is 6.04 Å². The van der Waals surface area contributed by atoms with Crippen LogP contribution in [0.1, 0.15) is 34.1 Å². The van der Waals surface area contributed by atoms with Crippen molar-refractivity contribution in [3.8, 4) is 0 Å². The second-order valence-electron chi connectivity index (χ2n) is 2.93. The van der Waals surface area contributed by atoms with Crippen molar-refractivity contribution in [2.24, 2.45) is 0 Å². The molecule has 0 saturated carbocycles. The van der Waals surface area contributed by atoms with Crippen LogP contribution in [-0.4, -0.2) is 16.9 Å². The molecule has 0 aromatic carbocycles. The molecule has 0 saturated heterocycles. The van der Waals surface area contributed by atoms with E-state index in [2.05, 4.69) is 5.32 Å². The molecule has 0 aliphatic rings. The van der Waals surface area contributed by atoms with Crippen molar-refractivity contribution in [2.75, 3.05) is 0 Å². The number of nitrogens with one attached hydrogen (secondary N) is 1. The van der Waals surface area contributed by atoms with E-state index in [4.69, 9.17) is 0 Å². The Morgan fingerprint density at radius 3 is 2.11 bits per heavy atom. The molecule has 2 nitrogen and oxygen atoms in total. The fraction of sp³-hybridized carbons (Fsp3) is 1.00. The van der Waals surface area contributed by atoms with Crippen molar-refractivity contribution < 1.29 is 5.11 Å². The number of rotatable bonds is 3. The Hall–Kier alpha value is -0.0800. The summed E-state index contributed by atoms with van der Waals surface area (Å²) in [5.74, 6) is 0. The zero-order valence-electron chi connectivity index (χ0n) is 6.73. The van der Waals surface area contributed by atoms with E-state index in [1.807, 2.05) is 20.8 Å². The van der Waals surface area contributed by atoms with Crippen LogP contribution < -0.4 is 5.32 Å². The third-order valence-corrected chi connectivity index (χ3v) is 1.29. The van der Waals surface area contributed by atoms with E-state index >= 15 is 0 Å². The second-order valence-corrected chi connectivity index (χ2v) is 2.93. The first kappa shape index (κ1) is 8.92. The molecule has 56 valence electrons. The smallest absolute Gasteiger partial charge is 0.113 e. The van der Waals surface area contributed by atoms with Crippen LogP contribution in [0.15, 0.2) is 0 Å². The molecule has 0 bridgehead atoms. The van der Waals surface area contributed by atoms with Crippen LogP contribution in [0.5, 0.6) is 0 Å². The summed E-state index contributed by atoms with van der Waals surface area (Å²) in [6, 6.07) is 0.347. The summed E-state index contributed by atoms with van der Waals surface area (Å²) in [6.07, 6.45) is 0.741. The standard InChI is InChI=1S/C7H17NO/c1-5-7(4,9)8-6(2)3/h6,8-9H,5H2,1-4H3. The molecule has 2 N–H and O–H groups in total. The van der Waals surface area contributed by atoms with Crippen LogP contribution in [0.2, 0.25) is 0 Å². The summed E-state index contributed by atoms with van der Waals surface area (Å²) in [6.45, 7) is 7.77. The molecular weight excluding hydrogens is 114 g/mol. The predicted octanol–water partition coefficient (Wildman–Crippen LogP) is 1.10. The molecule has 1 unspecified atom stereocenters. The van der Waals surface area contributed by atoms with Gasteiger partial charge in [-0.05, 0) is 27.2 Å². The van der Waals surface area contributed by atoms with Gasteiger partial charge in [0, 0.05) is 6.04 Å². The summed E-state index contributed by atoms with van der Waals surface area (Å²) in [4.78, 5) is 0. The molecule has 2 heteroatoms. The van der Waals surface area contributed by atoms with Crippen molar-refractivity contribution in [3.05, 3.63) is 0 Å². The average molecular weight is 131 g/mol. The SMILES string of the molecule is CCC(C)(O)NC(C)C. The van der Waals surface area contributed by atoms with Crippen LogP contribution in [0.25, 0.3) is 0 Å². The van der Waals surface area contributed by atoms with E-state index in [9.17, 15) is 5.11 Å². The number of hydrogen-bond acceptors (Lipinski definition) is 2. The van der Waals surface area contributed by atoms with Gasteiger partial charge in [-0.25, -0.2) is 0 Å². The average Bonchev–Trinajstić information content (AvgIpc) is 1.63. The highest BCUT2D eigenvalue weighted by Crippen LogP contribution is 2.03. The van der Waals surface area contributed by atoms with E-state index < -0.39 is 5.72 Å². The lowest BCUT2D eigenvalue weighted by Crippen LogP contribution is -2.45. The number of hydrogen-bond donors (Lipinski definition) is 2. The lowest BCUT2D eigenvalue weighted by Gasteiger charge is -2.25. The van der Waals surface area contributed by atoms with Gasteiger partial charge in [0.1, 0.15) is 5.72 Å². The lowest BCUT2D eigenvalue weighted by molar-refractivity contribution is 0.0126. The van der Waals surface area contributed by atoms with Crippen LogP contribution in [0, 0.1) is 0 Å². The first-order valence-corrected chi connectivity index (χ1v) is 3.48. The molecular formula is C7H17NO. The maximum absolute atomic E-state index is 9.38. The topological polar surface area (TPSA) is 32.3 Å². The molecule has 0 radical (unpaired) electrons. The quantitative estimate of drug-likeness (QED) is 0.562. The van der Waals surface area contributed by atoms with Gasteiger partial charge >= 0.3 is 0 Å². The monoisotopic (exact) mass is 131 g/mol. The van der Waals surface area contributed by atoms with Gasteiger partial charge in [-0.1, -0.05) is 6.92 Å². The van der Waals surface area contributed by atoms with Crippen molar-refractivity contribution in [1.29, 1.82) is 0 Å². The van der Waals surface area contributed by atoms with E-state index in [-0.39, 0.29) is 0 Å². The van der Waals surface area contributed by atoms with Crippen LogP contribution in [0.4, 0.5) is 0 Å². The fourth-order valence-electron chi connectivity index (χ4n) is 0.724. The first-order chi connectivity index (χ1) is 3.98. The molecule has 0 spiro atoms. The molecule has 1 atom stereocenters. The van der Waals surface area contributed by atoms with Crippen molar-refractivity contribution >= 4 is 0 Å². The van der Waals surface area contributed by atoms with Crippen LogP contribution >= 0.6 is 0 Å². The lowest BCUT2D eigenvalue weighted by atomic mass is 10.2. The Balaban J connectivity index is 3.58. The van der Waals surface area contributed by atoms with Gasteiger partial charge in [0.15, 0.2) is 0 Å². The summed E-state index contributed by atoms with van der Waals surface area (Å²) >= 11 is 0. The van der Waals surface area contributed by atoms with Crippen molar-refractivity contribution in [3.63, 3.8) is 0 Å². The minimum atomic E-state index is -0.686. The molecule has 0 heterocycles. The highest BCUT2D eigenvalue weighted by atomic mass is 16.3. The van der Waals surface area contributed by atoms with Crippen molar-refractivity contribution in [1.82, 2.24) is 5.32 Å². The van der Waals surface area contributed by atoms with Gasteiger partial charge in [-0.15, -0.1) is 0 Å². The molecule has 0 rings (SSSR count). The van der Waals surface area contributed by atoms with Gasteiger partial charge in [-0.2, -0.15) is 0 Å². The Morgan fingerprint density at radius 2 is 2.00 bits per heavy atom. The summed E-state index contributed by atoms with van der Waals surface area (Å²) in [5.41, 5.74) is -0.686. The summed E-state index contributed by atoms with van der Waals surface area (Å²) < 4.78 is 0. The van der Waals surface area contributed by atoms with Crippen LogP contribution in [-0.2, 0) is 0 Å². The van der Waals surface area contributed by atoms with Gasteiger partial charge in [0.25, 0.3) is 0 Å². The largest absolute Gasteiger partial charge is 0.376 e. The molecule has 0 aliphatic carbocycles. The fourth-order valence-corrected chi connectivity index (χ4v) is 0.724. The Labute approximate surface area is 57.3 Å². The highest BCUT2D eigenvalue weighted by Gasteiger charge is 2.16. The molecule has 0 aromatic rings. The molecule has 9 heavy (non-hydrogen) atoms. The normalized spacial score (nSPS) is 18.0. The predicted molar refractivity (Wildman–Crippen MR) is 39.2 cm³/mol. The molecule has 0 aromatic heterocycles. The summed E-state index contributed by atoms with van der Waals surface area (Å²) in [5, 5.41) is 12.4. The highest BCUT2D eigenvalue weighted by molar-refractivity contribution is 4.69. The third-order valence-electron chi connectivity index (χ3n) is 1.29. The van der Waals surface area contributed by atoms with E-state index in [1.165, 1.54) is 0 Å². The minimum Gasteiger partial charge on any atom is -0.376 e. The third kappa shape index (κ3) is 4.43. The maximum Gasteiger partial charge on any atom is 0.113 e. The summed E-state index contributed by atoms with van der Waals surface area (Å²) in [7, 11) is 0. The van der Waals surface area contributed by atoms with Crippen LogP contribution in [0.3, 0.4) is 0 Å². The maximum atomic E-state index is 9.38. The molecule has 0 fully saturated rings. The Bertz CT molecular complexity index is 79.0. The van der Waals surface area contributed by atoms with Gasteiger partial charge in [0.2, 0.25) is 0 Å². The zero-order valence-corrected chi connectivity index (χ0v) is 6.73. The Morgan fingerprint density at radius 1 is 1.56 bits per heavy atom. The molecule has 0 aliphatic heterocycles. The van der Waals surface area contributed by atoms with Gasteiger partial charge < -0.3 is 5.11 Å². The zero-order chi connectivity index (χ0) is 7.49. The van der Waals surface area contributed by atoms with Gasteiger partial charge in [-0.3, -0.25) is 5.32 Å².